The van der Waals surface area contributed by atoms with E-state index in [0.717, 1.165) is 24.0 Å². The lowest BCUT2D eigenvalue weighted by Gasteiger charge is -2.09. The summed E-state index contributed by atoms with van der Waals surface area (Å²) in [6.07, 6.45) is 1.66. The average Bonchev–Trinajstić information content (AvgIpc) is 2.99. The fourth-order valence-electron chi connectivity index (χ4n) is 1.62. The van der Waals surface area contributed by atoms with E-state index in [0.29, 0.717) is 0 Å². The zero-order valence-electron chi connectivity index (χ0n) is 8.29. The highest BCUT2D eigenvalue weighted by molar-refractivity contribution is 6.02. The van der Waals surface area contributed by atoms with E-state index in [2.05, 4.69) is 0 Å². The summed E-state index contributed by atoms with van der Waals surface area (Å²) in [4.78, 5) is 11.9. The first kappa shape index (κ1) is 9.41. The van der Waals surface area contributed by atoms with Crippen LogP contribution in [0.25, 0.3) is 0 Å². The molecule has 14 heavy (non-hydrogen) atoms. The molecule has 0 saturated heterocycles. The van der Waals surface area contributed by atoms with Gasteiger partial charge in [0.25, 0.3) is 0 Å². The van der Waals surface area contributed by atoms with Gasteiger partial charge in [0, 0.05) is 5.56 Å². The maximum absolute atomic E-state index is 11.9. The van der Waals surface area contributed by atoms with Crippen LogP contribution in [-0.2, 0) is 0 Å². The molecule has 1 aromatic carbocycles. The molecule has 0 atom stereocenters. The lowest BCUT2D eigenvalue weighted by molar-refractivity contribution is 0.0829. The number of aryl methyl sites for hydroxylation is 1. The molecule has 0 aromatic heterocycles. The van der Waals surface area contributed by atoms with E-state index in [9.17, 15) is 4.79 Å². The minimum absolute atomic E-state index is 0.0142. The Bertz CT molecular complexity index is 347. The summed E-state index contributed by atoms with van der Waals surface area (Å²) in [5.74, 6) is 0.0972. The van der Waals surface area contributed by atoms with Crippen molar-refractivity contribution in [2.24, 2.45) is 5.41 Å². The predicted octanol–water partition coefficient (Wildman–Crippen LogP) is 1.95. The van der Waals surface area contributed by atoms with Gasteiger partial charge in [-0.25, -0.2) is 0 Å². The monoisotopic (exact) mass is 190 g/mol. The number of carbonyl (C=O) groups is 1. The number of Topliss-reactive ketones (excluding diaryl/α,β-unsaturated/α-hetero) is 1. The second-order valence-electron chi connectivity index (χ2n) is 4.13. The van der Waals surface area contributed by atoms with Crippen LogP contribution in [-0.4, -0.2) is 17.5 Å². The Balaban J connectivity index is 2.23. The van der Waals surface area contributed by atoms with Gasteiger partial charge in [-0.2, -0.15) is 0 Å². The van der Waals surface area contributed by atoms with Crippen molar-refractivity contribution < 1.29 is 9.90 Å². The molecule has 1 saturated carbocycles. The Morgan fingerprint density at radius 3 is 2.36 bits per heavy atom. The number of hydrogen-bond acceptors (Lipinski definition) is 2. The molecule has 0 radical (unpaired) electrons. The van der Waals surface area contributed by atoms with Crippen LogP contribution in [0.15, 0.2) is 24.3 Å². The molecule has 0 bridgehead atoms. The molecule has 0 heterocycles. The highest BCUT2D eigenvalue weighted by atomic mass is 16.3. The minimum Gasteiger partial charge on any atom is -0.395 e. The van der Waals surface area contributed by atoms with Crippen molar-refractivity contribution in [2.45, 2.75) is 19.8 Å². The molecule has 0 aliphatic heterocycles. The molecule has 2 rings (SSSR count). The molecule has 74 valence electrons. The molecule has 1 aliphatic carbocycles. The first-order valence-corrected chi connectivity index (χ1v) is 4.90. The first-order valence-electron chi connectivity index (χ1n) is 4.90. The smallest absolute Gasteiger partial charge is 0.171 e. The highest BCUT2D eigenvalue weighted by Gasteiger charge is 2.49. The van der Waals surface area contributed by atoms with Crippen LogP contribution in [0.4, 0.5) is 0 Å². The normalized spacial score (nSPS) is 17.9. The average molecular weight is 190 g/mol. The van der Waals surface area contributed by atoms with Crippen molar-refractivity contribution in [3.8, 4) is 0 Å². The zero-order valence-corrected chi connectivity index (χ0v) is 8.29. The summed E-state index contributed by atoms with van der Waals surface area (Å²) in [6.45, 7) is 1.98. The van der Waals surface area contributed by atoms with Crippen LogP contribution in [0.2, 0.25) is 0 Å². The molecule has 2 nitrogen and oxygen atoms in total. The van der Waals surface area contributed by atoms with E-state index in [1.807, 2.05) is 31.2 Å². The number of ketones is 1. The molecule has 0 unspecified atom stereocenters. The van der Waals surface area contributed by atoms with Crippen LogP contribution in [0.5, 0.6) is 0 Å². The standard InChI is InChI=1S/C12H14O2/c1-9-2-4-10(5-3-9)11(14)12(8-13)6-7-12/h2-5,13H,6-8H2,1H3. The fourth-order valence-corrected chi connectivity index (χ4v) is 1.62. The van der Waals surface area contributed by atoms with Crippen LogP contribution < -0.4 is 0 Å². The van der Waals surface area contributed by atoms with Crippen LogP contribution in [0.3, 0.4) is 0 Å². The number of aliphatic hydroxyl groups is 1. The first-order chi connectivity index (χ1) is 6.68. The predicted molar refractivity (Wildman–Crippen MR) is 54.3 cm³/mol. The number of carbonyl (C=O) groups excluding carboxylic acids is 1. The van der Waals surface area contributed by atoms with Crippen LogP contribution in [0, 0.1) is 12.3 Å². The van der Waals surface area contributed by atoms with Gasteiger partial charge in [-0.1, -0.05) is 29.8 Å². The van der Waals surface area contributed by atoms with Gasteiger partial charge < -0.3 is 5.11 Å². The lowest BCUT2D eigenvalue weighted by Crippen LogP contribution is -2.19. The van der Waals surface area contributed by atoms with Gasteiger partial charge in [0.1, 0.15) is 0 Å². The van der Waals surface area contributed by atoms with Crippen molar-refractivity contribution >= 4 is 5.78 Å². The van der Waals surface area contributed by atoms with Crippen molar-refractivity contribution in [2.75, 3.05) is 6.61 Å². The van der Waals surface area contributed by atoms with Crippen LogP contribution in [0.1, 0.15) is 28.8 Å². The molecule has 0 spiro atoms. The van der Waals surface area contributed by atoms with Crippen molar-refractivity contribution in [3.05, 3.63) is 35.4 Å². The molecule has 1 aromatic rings. The molecular weight excluding hydrogens is 176 g/mol. The van der Waals surface area contributed by atoms with E-state index in [1.54, 1.807) is 0 Å². The van der Waals surface area contributed by atoms with Gasteiger partial charge in [0.05, 0.1) is 12.0 Å². The Morgan fingerprint density at radius 1 is 1.36 bits per heavy atom. The van der Waals surface area contributed by atoms with Crippen molar-refractivity contribution in [1.82, 2.24) is 0 Å². The van der Waals surface area contributed by atoms with Gasteiger partial charge in [0.15, 0.2) is 5.78 Å². The summed E-state index contributed by atoms with van der Waals surface area (Å²) in [6, 6.07) is 7.54. The zero-order chi connectivity index (χ0) is 10.2. The number of rotatable bonds is 3. The van der Waals surface area contributed by atoms with E-state index < -0.39 is 5.41 Å². The quantitative estimate of drug-likeness (QED) is 0.740. The van der Waals surface area contributed by atoms with E-state index >= 15 is 0 Å². The third kappa shape index (κ3) is 1.46. The number of aliphatic hydroxyl groups excluding tert-OH is 1. The van der Waals surface area contributed by atoms with Gasteiger partial charge in [-0.05, 0) is 19.8 Å². The highest BCUT2D eigenvalue weighted by Crippen LogP contribution is 2.47. The van der Waals surface area contributed by atoms with Gasteiger partial charge in [-0.15, -0.1) is 0 Å². The van der Waals surface area contributed by atoms with Crippen molar-refractivity contribution in [3.63, 3.8) is 0 Å². The van der Waals surface area contributed by atoms with E-state index in [4.69, 9.17) is 5.11 Å². The third-order valence-corrected chi connectivity index (χ3v) is 2.95. The number of benzene rings is 1. The Labute approximate surface area is 83.6 Å². The molecule has 1 aliphatic rings. The molecular formula is C12H14O2. The lowest BCUT2D eigenvalue weighted by atomic mass is 9.95. The van der Waals surface area contributed by atoms with Crippen LogP contribution >= 0.6 is 0 Å². The summed E-state index contributed by atoms with van der Waals surface area (Å²) in [7, 11) is 0. The Kier molecular flexibility index (Phi) is 2.16. The van der Waals surface area contributed by atoms with Crippen molar-refractivity contribution in [1.29, 1.82) is 0 Å². The summed E-state index contributed by atoms with van der Waals surface area (Å²) in [5.41, 5.74) is 1.44. The SMILES string of the molecule is Cc1ccc(C(=O)C2(CO)CC2)cc1. The van der Waals surface area contributed by atoms with Gasteiger partial charge >= 0.3 is 0 Å². The Morgan fingerprint density at radius 2 is 1.93 bits per heavy atom. The maximum atomic E-state index is 11.9. The topological polar surface area (TPSA) is 37.3 Å². The summed E-state index contributed by atoms with van der Waals surface area (Å²) < 4.78 is 0. The maximum Gasteiger partial charge on any atom is 0.171 e. The van der Waals surface area contributed by atoms with Gasteiger partial charge in [0.2, 0.25) is 0 Å². The Hall–Kier alpha value is -1.15. The second kappa shape index (κ2) is 3.21. The number of hydrogen-bond donors (Lipinski definition) is 1. The summed E-state index contributed by atoms with van der Waals surface area (Å²) >= 11 is 0. The molecule has 1 fully saturated rings. The second-order valence-corrected chi connectivity index (χ2v) is 4.13. The summed E-state index contributed by atoms with van der Waals surface area (Å²) in [5, 5.41) is 9.12. The van der Waals surface area contributed by atoms with E-state index in [-0.39, 0.29) is 12.4 Å². The molecule has 0 amide bonds. The van der Waals surface area contributed by atoms with Gasteiger partial charge in [-0.3, -0.25) is 4.79 Å². The molecule has 2 heteroatoms. The third-order valence-electron chi connectivity index (χ3n) is 2.95. The largest absolute Gasteiger partial charge is 0.395 e. The fraction of sp³-hybridized carbons (Fsp3) is 0.417. The molecule has 1 N–H and O–H groups in total. The van der Waals surface area contributed by atoms with E-state index in [1.165, 1.54) is 0 Å². The minimum atomic E-state index is -0.435.